The van der Waals surface area contributed by atoms with Crippen molar-refractivity contribution in [2.45, 2.75) is 49.3 Å². The lowest BCUT2D eigenvalue weighted by molar-refractivity contribution is -0.0510. The van der Waals surface area contributed by atoms with E-state index >= 15 is 0 Å². The topological polar surface area (TPSA) is 58.7 Å². The van der Waals surface area contributed by atoms with Crippen LogP contribution in [-0.2, 0) is 11.8 Å². The molecule has 4 aliphatic rings. The number of phenolic OH excluding ortho intramolecular Hbond substituents is 1. The van der Waals surface area contributed by atoms with Gasteiger partial charge in [0.1, 0.15) is 6.10 Å². The maximum absolute atomic E-state index is 10.3. The molecule has 5 atom stereocenters. The first-order valence-electron chi connectivity index (χ1n) is 8.10. The highest BCUT2D eigenvalue weighted by atomic mass is 16.5. The lowest BCUT2D eigenvalue weighted by Gasteiger charge is -2.58. The molecule has 0 aromatic heterocycles. The standard InChI is InChI=1S/C17H22N2O2/c1-19-7-6-17-10-3-4-11(18)16(17)21-15-13(20)5-2-9(14(15)17)8-12(10)19/h2,5,10-12,16,20H,3-4,6-8,18H2,1H3/t10-,11-,12+,16-,17-/m0/s1. The fourth-order valence-electron chi connectivity index (χ4n) is 5.78. The van der Waals surface area contributed by atoms with Crippen molar-refractivity contribution < 1.29 is 9.84 Å². The van der Waals surface area contributed by atoms with Crippen molar-refractivity contribution in [3.8, 4) is 11.5 Å². The van der Waals surface area contributed by atoms with Crippen LogP contribution in [0, 0.1) is 5.92 Å². The smallest absolute Gasteiger partial charge is 0.165 e. The average molecular weight is 286 g/mol. The van der Waals surface area contributed by atoms with Crippen molar-refractivity contribution >= 4 is 0 Å². The zero-order valence-electron chi connectivity index (χ0n) is 12.4. The Balaban J connectivity index is 1.81. The molecule has 2 fully saturated rings. The Kier molecular flexibility index (Phi) is 2.19. The SMILES string of the molecule is CN1CC[C@]23c4c5ccc(O)c4O[C@H]2[C@@H](N)CC[C@H]3[C@H]1C5. The van der Waals surface area contributed by atoms with E-state index < -0.39 is 0 Å². The maximum atomic E-state index is 10.3. The second-order valence-electron chi connectivity index (χ2n) is 7.38. The van der Waals surface area contributed by atoms with Crippen molar-refractivity contribution in [2.75, 3.05) is 13.6 Å². The van der Waals surface area contributed by atoms with Crippen LogP contribution in [0.5, 0.6) is 11.5 Å². The van der Waals surface area contributed by atoms with E-state index in [0.29, 0.717) is 17.7 Å². The Labute approximate surface area is 124 Å². The highest BCUT2D eigenvalue weighted by molar-refractivity contribution is 5.60. The van der Waals surface area contributed by atoms with Crippen LogP contribution in [0.15, 0.2) is 12.1 Å². The highest BCUT2D eigenvalue weighted by Gasteiger charge is 2.64. The molecule has 21 heavy (non-hydrogen) atoms. The van der Waals surface area contributed by atoms with Crippen LogP contribution in [0.4, 0.5) is 0 Å². The molecule has 2 aliphatic carbocycles. The van der Waals surface area contributed by atoms with Crippen molar-refractivity contribution in [3.63, 3.8) is 0 Å². The zero-order chi connectivity index (χ0) is 14.4. The summed E-state index contributed by atoms with van der Waals surface area (Å²) in [6.07, 6.45) is 4.45. The number of phenols is 1. The van der Waals surface area contributed by atoms with Gasteiger partial charge < -0.3 is 20.5 Å². The van der Waals surface area contributed by atoms with Gasteiger partial charge in [0.15, 0.2) is 11.5 Å². The van der Waals surface area contributed by atoms with Gasteiger partial charge in [-0.25, -0.2) is 0 Å². The molecule has 1 saturated carbocycles. The number of benzene rings is 1. The summed E-state index contributed by atoms with van der Waals surface area (Å²) in [5, 5.41) is 10.3. The van der Waals surface area contributed by atoms with Gasteiger partial charge in [-0.3, -0.25) is 0 Å². The number of ether oxygens (including phenoxy) is 1. The van der Waals surface area contributed by atoms with Gasteiger partial charge in [-0.05, 0) is 56.8 Å². The minimum Gasteiger partial charge on any atom is -0.504 e. The number of nitrogens with zero attached hydrogens (tertiary/aromatic N) is 1. The summed E-state index contributed by atoms with van der Waals surface area (Å²) in [5.41, 5.74) is 9.15. The van der Waals surface area contributed by atoms with Gasteiger partial charge in [0.25, 0.3) is 0 Å². The third-order valence-electron chi connectivity index (χ3n) is 6.64. The number of rotatable bonds is 0. The lowest BCUT2D eigenvalue weighted by Crippen LogP contribution is -2.67. The fraction of sp³-hybridized carbons (Fsp3) is 0.647. The van der Waals surface area contributed by atoms with Crippen LogP contribution in [0.2, 0.25) is 0 Å². The van der Waals surface area contributed by atoms with Gasteiger partial charge in [-0.2, -0.15) is 0 Å². The molecule has 1 saturated heterocycles. The predicted molar refractivity (Wildman–Crippen MR) is 79.6 cm³/mol. The maximum Gasteiger partial charge on any atom is 0.165 e. The molecule has 112 valence electrons. The molecule has 2 aliphatic heterocycles. The quantitative estimate of drug-likeness (QED) is 0.756. The van der Waals surface area contributed by atoms with Crippen LogP contribution >= 0.6 is 0 Å². The molecule has 5 rings (SSSR count). The van der Waals surface area contributed by atoms with Crippen LogP contribution in [-0.4, -0.2) is 41.8 Å². The molecule has 4 nitrogen and oxygen atoms in total. The molecule has 4 heteroatoms. The normalized spacial score (nSPS) is 43.3. The Morgan fingerprint density at radius 1 is 1.38 bits per heavy atom. The number of nitrogens with two attached hydrogens (primary N) is 1. The van der Waals surface area contributed by atoms with E-state index in [4.69, 9.17) is 10.5 Å². The monoisotopic (exact) mass is 286 g/mol. The molecule has 3 N–H and O–H groups in total. The summed E-state index contributed by atoms with van der Waals surface area (Å²) in [5.74, 6) is 1.65. The minimum atomic E-state index is 0.0507. The minimum absolute atomic E-state index is 0.0507. The average Bonchev–Trinajstić information content (AvgIpc) is 2.83. The summed E-state index contributed by atoms with van der Waals surface area (Å²) in [6, 6.07) is 4.58. The third kappa shape index (κ3) is 1.25. The van der Waals surface area contributed by atoms with E-state index in [9.17, 15) is 5.11 Å². The van der Waals surface area contributed by atoms with Crippen LogP contribution in [0.3, 0.4) is 0 Å². The third-order valence-corrected chi connectivity index (χ3v) is 6.64. The molecule has 0 unspecified atom stereocenters. The van der Waals surface area contributed by atoms with Gasteiger partial charge >= 0.3 is 0 Å². The molecule has 1 spiro atoms. The van der Waals surface area contributed by atoms with Crippen LogP contribution in [0.1, 0.15) is 30.4 Å². The van der Waals surface area contributed by atoms with Gasteiger partial charge in [-0.15, -0.1) is 0 Å². The van der Waals surface area contributed by atoms with Gasteiger partial charge in [0, 0.05) is 23.1 Å². The highest BCUT2D eigenvalue weighted by Crippen LogP contribution is 2.63. The summed E-state index contributed by atoms with van der Waals surface area (Å²) in [6.45, 7) is 1.10. The second kappa shape index (κ2) is 3.73. The van der Waals surface area contributed by atoms with Crippen molar-refractivity contribution in [3.05, 3.63) is 23.3 Å². The van der Waals surface area contributed by atoms with E-state index in [1.165, 1.54) is 17.5 Å². The Morgan fingerprint density at radius 3 is 3.10 bits per heavy atom. The molecular weight excluding hydrogens is 264 g/mol. The van der Waals surface area contributed by atoms with E-state index in [2.05, 4.69) is 18.0 Å². The number of hydrogen-bond acceptors (Lipinski definition) is 4. The first-order chi connectivity index (χ1) is 10.1. The first kappa shape index (κ1) is 12.3. The zero-order valence-corrected chi connectivity index (χ0v) is 12.4. The molecular formula is C17H22N2O2. The predicted octanol–water partition coefficient (Wildman–Crippen LogP) is 1.39. The number of likely N-dealkylation sites (N-methyl/N-ethyl adjacent to an activating group) is 1. The largest absolute Gasteiger partial charge is 0.504 e. The van der Waals surface area contributed by atoms with Gasteiger partial charge in [0.05, 0.1) is 0 Å². The first-order valence-corrected chi connectivity index (χ1v) is 8.10. The molecule has 2 bridgehead atoms. The molecule has 2 heterocycles. The van der Waals surface area contributed by atoms with Crippen LogP contribution in [0.25, 0.3) is 0 Å². The summed E-state index contributed by atoms with van der Waals surface area (Å²) in [7, 11) is 2.25. The molecule has 0 amide bonds. The summed E-state index contributed by atoms with van der Waals surface area (Å²) >= 11 is 0. The van der Waals surface area contributed by atoms with Gasteiger partial charge in [0.2, 0.25) is 0 Å². The number of likely N-dealkylation sites (tertiary alicyclic amines) is 1. The second-order valence-corrected chi connectivity index (χ2v) is 7.38. The van der Waals surface area contributed by atoms with E-state index in [0.717, 1.165) is 31.6 Å². The Bertz CT molecular complexity index is 631. The molecule has 1 aromatic carbocycles. The van der Waals surface area contributed by atoms with Crippen LogP contribution < -0.4 is 10.5 Å². The van der Waals surface area contributed by atoms with E-state index in [1.807, 2.05) is 0 Å². The number of aromatic hydroxyl groups is 1. The summed E-state index contributed by atoms with van der Waals surface area (Å²) < 4.78 is 6.26. The number of hydrogen-bond donors (Lipinski definition) is 2. The van der Waals surface area contributed by atoms with Crippen molar-refractivity contribution in [1.29, 1.82) is 0 Å². The van der Waals surface area contributed by atoms with E-state index in [1.54, 1.807) is 6.07 Å². The number of piperidine rings is 1. The van der Waals surface area contributed by atoms with Crippen molar-refractivity contribution in [1.82, 2.24) is 4.90 Å². The fourth-order valence-corrected chi connectivity index (χ4v) is 5.78. The van der Waals surface area contributed by atoms with Crippen molar-refractivity contribution in [2.24, 2.45) is 11.7 Å². The lowest BCUT2D eigenvalue weighted by atomic mass is 9.51. The summed E-state index contributed by atoms with van der Waals surface area (Å²) in [4.78, 5) is 2.53. The Morgan fingerprint density at radius 2 is 2.24 bits per heavy atom. The molecule has 1 aromatic rings. The Hall–Kier alpha value is -1.26. The van der Waals surface area contributed by atoms with E-state index in [-0.39, 0.29) is 17.6 Å². The molecule has 0 radical (unpaired) electrons. The van der Waals surface area contributed by atoms with Gasteiger partial charge in [-0.1, -0.05) is 6.07 Å².